The molecule has 0 aliphatic rings. The van der Waals surface area contributed by atoms with Crippen LogP contribution in [-0.2, 0) is 9.84 Å². The Bertz CT molecular complexity index is 470. The molecule has 18 heavy (non-hydrogen) atoms. The summed E-state index contributed by atoms with van der Waals surface area (Å²) >= 11 is 3.29. The predicted molar refractivity (Wildman–Crippen MR) is 78.6 cm³/mol. The Hall–Kier alpha value is -0.390. The maximum atomic E-state index is 12.2. The Morgan fingerprint density at radius 2 is 2.00 bits per heavy atom. The fraction of sp³-hybridized carbons (Fsp3) is 0.538. The summed E-state index contributed by atoms with van der Waals surface area (Å²) in [4.78, 5) is 0.391. The first-order valence-electron chi connectivity index (χ1n) is 6.15. The molecular formula is C13H20BrNO2S. The van der Waals surface area contributed by atoms with Crippen molar-refractivity contribution in [2.24, 2.45) is 0 Å². The van der Waals surface area contributed by atoms with Gasteiger partial charge in [0.25, 0.3) is 0 Å². The Morgan fingerprint density at radius 3 is 2.56 bits per heavy atom. The van der Waals surface area contributed by atoms with Crippen LogP contribution in [-0.4, -0.2) is 27.3 Å². The Morgan fingerprint density at radius 1 is 1.33 bits per heavy atom. The van der Waals surface area contributed by atoms with Crippen molar-refractivity contribution in [2.75, 3.05) is 12.8 Å². The fourth-order valence-corrected chi connectivity index (χ4v) is 4.32. The first-order valence-corrected chi connectivity index (χ1v) is 8.60. The van der Waals surface area contributed by atoms with E-state index >= 15 is 0 Å². The van der Waals surface area contributed by atoms with Crippen molar-refractivity contribution >= 4 is 25.8 Å². The molecule has 1 aromatic rings. The highest BCUT2D eigenvalue weighted by Gasteiger charge is 2.17. The molecule has 0 amide bonds. The van der Waals surface area contributed by atoms with Crippen LogP contribution in [0.25, 0.3) is 0 Å². The van der Waals surface area contributed by atoms with Gasteiger partial charge in [-0.3, -0.25) is 0 Å². The van der Waals surface area contributed by atoms with Crippen molar-refractivity contribution in [3.63, 3.8) is 0 Å². The van der Waals surface area contributed by atoms with E-state index in [0.29, 0.717) is 21.8 Å². The van der Waals surface area contributed by atoms with Gasteiger partial charge in [-0.1, -0.05) is 19.1 Å². The van der Waals surface area contributed by atoms with Crippen LogP contribution in [0.1, 0.15) is 26.2 Å². The van der Waals surface area contributed by atoms with Gasteiger partial charge in [0.05, 0.1) is 10.6 Å². The average molecular weight is 334 g/mol. The second-order valence-corrected chi connectivity index (χ2v) is 7.22. The molecule has 0 fully saturated rings. The number of sulfone groups is 1. The SMILES string of the molecule is CCC(CCCS(=O)(=O)c1ccccc1Br)NC. The summed E-state index contributed by atoms with van der Waals surface area (Å²) in [6.07, 6.45) is 2.59. The Balaban J connectivity index is 2.64. The minimum atomic E-state index is -3.18. The van der Waals surface area contributed by atoms with E-state index < -0.39 is 9.84 Å². The standard InChI is InChI=1S/C13H20BrNO2S/c1-3-11(15-2)7-6-10-18(16,17)13-9-5-4-8-12(13)14/h4-5,8-9,11,15H,3,6-7,10H2,1-2H3. The zero-order chi connectivity index (χ0) is 13.6. The number of nitrogens with one attached hydrogen (secondary N) is 1. The van der Waals surface area contributed by atoms with Gasteiger partial charge in [-0.05, 0) is 54.4 Å². The summed E-state index contributed by atoms with van der Waals surface area (Å²) in [5, 5.41) is 3.19. The lowest BCUT2D eigenvalue weighted by atomic mass is 10.1. The Kier molecular flexibility index (Phi) is 6.32. The third kappa shape index (κ3) is 4.37. The van der Waals surface area contributed by atoms with Gasteiger partial charge in [-0.25, -0.2) is 8.42 Å². The molecular weight excluding hydrogens is 314 g/mol. The number of hydrogen-bond donors (Lipinski definition) is 1. The van der Waals surface area contributed by atoms with E-state index in [9.17, 15) is 8.42 Å². The summed E-state index contributed by atoms with van der Waals surface area (Å²) in [7, 11) is -1.26. The van der Waals surface area contributed by atoms with Gasteiger partial charge in [0.15, 0.2) is 9.84 Å². The van der Waals surface area contributed by atoms with E-state index in [1.807, 2.05) is 13.1 Å². The number of benzene rings is 1. The molecule has 0 saturated carbocycles. The molecule has 0 radical (unpaired) electrons. The summed E-state index contributed by atoms with van der Waals surface area (Å²) in [6, 6.07) is 7.38. The van der Waals surface area contributed by atoms with Crippen molar-refractivity contribution in [3.8, 4) is 0 Å². The van der Waals surface area contributed by atoms with E-state index in [1.165, 1.54) is 0 Å². The largest absolute Gasteiger partial charge is 0.317 e. The Labute approximate surface area is 118 Å². The minimum Gasteiger partial charge on any atom is -0.317 e. The molecule has 102 valence electrons. The molecule has 1 N–H and O–H groups in total. The molecule has 3 nitrogen and oxygen atoms in total. The zero-order valence-corrected chi connectivity index (χ0v) is 13.2. The second kappa shape index (κ2) is 7.26. The molecule has 1 aromatic carbocycles. The van der Waals surface area contributed by atoms with E-state index in [-0.39, 0.29) is 5.75 Å². The monoisotopic (exact) mass is 333 g/mol. The third-order valence-electron chi connectivity index (χ3n) is 3.04. The molecule has 1 atom stereocenters. The first-order chi connectivity index (χ1) is 8.51. The van der Waals surface area contributed by atoms with Crippen LogP contribution in [0.15, 0.2) is 33.6 Å². The van der Waals surface area contributed by atoms with E-state index in [1.54, 1.807) is 18.2 Å². The molecule has 0 aliphatic heterocycles. The van der Waals surface area contributed by atoms with Gasteiger partial charge >= 0.3 is 0 Å². The molecule has 0 saturated heterocycles. The van der Waals surface area contributed by atoms with Crippen molar-refractivity contribution in [2.45, 2.75) is 37.1 Å². The minimum absolute atomic E-state index is 0.202. The van der Waals surface area contributed by atoms with Crippen LogP contribution in [0.2, 0.25) is 0 Å². The summed E-state index contributed by atoms with van der Waals surface area (Å²) in [6.45, 7) is 2.10. The summed E-state index contributed by atoms with van der Waals surface area (Å²) in [5.41, 5.74) is 0. The quantitative estimate of drug-likeness (QED) is 0.834. The molecule has 0 spiro atoms. The van der Waals surface area contributed by atoms with Gasteiger partial charge in [0.1, 0.15) is 0 Å². The highest BCUT2D eigenvalue weighted by atomic mass is 79.9. The summed E-state index contributed by atoms with van der Waals surface area (Å²) in [5.74, 6) is 0.202. The van der Waals surface area contributed by atoms with Crippen LogP contribution in [0.5, 0.6) is 0 Å². The lowest BCUT2D eigenvalue weighted by Crippen LogP contribution is -2.24. The molecule has 0 heterocycles. The van der Waals surface area contributed by atoms with Gasteiger partial charge in [0, 0.05) is 10.5 Å². The van der Waals surface area contributed by atoms with Gasteiger partial charge in [-0.15, -0.1) is 0 Å². The van der Waals surface area contributed by atoms with E-state index in [4.69, 9.17) is 0 Å². The fourth-order valence-electron chi connectivity index (χ4n) is 1.88. The third-order valence-corrected chi connectivity index (χ3v) is 5.84. The maximum absolute atomic E-state index is 12.2. The van der Waals surface area contributed by atoms with Crippen LogP contribution < -0.4 is 5.32 Å². The van der Waals surface area contributed by atoms with Gasteiger partial charge in [-0.2, -0.15) is 0 Å². The highest BCUT2D eigenvalue weighted by molar-refractivity contribution is 9.10. The van der Waals surface area contributed by atoms with Crippen molar-refractivity contribution in [1.82, 2.24) is 5.32 Å². The smallest absolute Gasteiger partial charge is 0.179 e. The molecule has 0 bridgehead atoms. The molecule has 0 aliphatic carbocycles. The topological polar surface area (TPSA) is 46.2 Å². The van der Waals surface area contributed by atoms with Crippen LogP contribution in [0.4, 0.5) is 0 Å². The molecule has 0 aromatic heterocycles. The average Bonchev–Trinajstić information content (AvgIpc) is 2.35. The number of rotatable bonds is 7. The summed E-state index contributed by atoms with van der Waals surface area (Å²) < 4.78 is 25.0. The lowest BCUT2D eigenvalue weighted by molar-refractivity contribution is 0.500. The molecule has 1 unspecified atom stereocenters. The normalized spacial score (nSPS) is 13.5. The first kappa shape index (κ1) is 15.7. The van der Waals surface area contributed by atoms with Crippen molar-refractivity contribution in [1.29, 1.82) is 0 Å². The van der Waals surface area contributed by atoms with Crippen LogP contribution >= 0.6 is 15.9 Å². The predicted octanol–water partition coefficient (Wildman–Crippen LogP) is 3.00. The van der Waals surface area contributed by atoms with Crippen molar-refractivity contribution in [3.05, 3.63) is 28.7 Å². The maximum Gasteiger partial charge on any atom is 0.179 e. The highest BCUT2D eigenvalue weighted by Crippen LogP contribution is 2.23. The number of hydrogen-bond acceptors (Lipinski definition) is 3. The van der Waals surface area contributed by atoms with Crippen molar-refractivity contribution < 1.29 is 8.42 Å². The van der Waals surface area contributed by atoms with Crippen LogP contribution in [0.3, 0.4) is 0 Å². The number of halogens is 1. The van der Waals surface area contributed by atoms with Gasteiger partial charge in [0.2, 0.25) is 0 Å². The van der Waals surface area contributed by atoms with Crippen LogP contribution in [0, 0.1) is 0 Å². The second-order valence-electron chi connectivity index (χ2n) is 4.29. The molecule has 5 heteroatoms. The van der Waals surface area contributed by atoms with E-state index in [2.05, 4.69) is 28.2 Å². The zero-order valence-electron chi connectivity index (χ0n) is 10.8. The van der Waals surface area contributed by atoms with E-state index in [0.717, 1.165) is 12.8 Å². The van der Waals surface area contributed by atoms with Gasteiger partial charge < -0.3 is 5.32 Å². The molecule has 1 rings (SSSR count). The lowest BCUT2D eigenvalue weighted by Gasteiger charge is -2.13.